The second-order valence-electron chi connectivity index (χ2n) is 4.23. The predicted octanol–water partition coefficient (Wildman–Crippen LogP) is 2.16. The minimum absolute atomic E-state index is 0.464. The molecule has 0 spiro atoms. The Morgan fingerprint density at radius 3 is 2.68 bits per heavy atom. The van der Waals surface area contributed by atoms with Gasteiger partial charge in [-0.05, 0) is 12.5 Å². The van der Waals surface area contributed by atoms with Crippen molar-refractivity contribution in [2.24, 2.45) is 0 Å². The Morgan fingerprint density at radius 2 is 2.00 bits per heavy atom. The van der Waals surface area contributed by atoms with Crippen LogP contribution in [-0.4, -0.2) is 14.6 Å². The van der Waals surface area contributed by atoms with Crippen molar-refractivity contribution in [1.82, 2.24) is 14.6 Å². The van der Waals surface area contributed by atoms with Crippen LogP contribution < -0.4 is 5.73 Å². The van der Waals surface area contributed by atoms with E-state index in [0.29, 0.717) is 22.7 Å². The van der Waals surface area contributed by atoms with Crippen LogP contribution >= 0.6 is 0 Å². The number of nitrogens with two attached hydrogens (primary N) is 1. The summed E-state index contributed by atoms with van der Waals surface area (Å²) < 4.78 is 1.52. The van der Waals surface area contributed by atoms with Gasteiger partial charge in [0.15, 0.2) is 5.65 Å². The van der Waals surface area contributed by atoms with Crippen LogP contribution in [0.3, 0.4) is 0 Å². The van der Waals surface area contributed by atoms with Crippen molar-refractivity contribution < 1.29 is 0 Å². The molecule has 0 aliphatic rings. The molecule has 3 aromatic rings. The van der Waals surface area contributed by atoms with E-state index in [2.05, 4.69) is 16.2 Å². The van der Waals surface area contributed by atoms with E-state index in [1.54, 1.807) is 13.1 Å². The molecule has 0 aliphatic carbocycles. The van der Waals surface area contributed by atoms with Crippen LogP contribution in [0.25, 0.3) is 16.8 Å². The molecule has 19 heavy (non-hydrogen) atoms. The zero-order chi connectivity index (χ0) is 13.4. The Kier molecular flexibility index (Phi) is 2.43. The smallest absolute Gasteiger partial charge is 0.175 e. The van der Waals surface area contributed by atoms with E-state index in [0.717, 1.165) is 11.1 Å². The molecule has 2 N–H and O–H groups in total. The molecular weight excluding hydrogens is 238 g/mol. The van der Waals surface area contributed by atoms with Gasteiger partial charge in [-0.2, -0.15) is 14.9 Å². The number of anilines is 1. The Hall–Kier alpha value is -2.87. The lowest BCUT2D eigenvalue weighted by atomic mass is 10.1. The summed E-state index contributed by atoms with van der Waals surface area (Å²) in [5.41, 5.74) is 9.51. The zero-order valence-electron chi connectivity index (χ0n) is 10.3. The van der Waals surface area contributed by atoms with Gasteiger partial charge >= 0.3 is 0 Å². The molecule has 0 atom stereocenters. The minimum Gasteiger partial charge on any atom is -0.383 e. The molecule has 2 heterocycles. The third-order valence-electron chi connectivity index (χ3n) is 3.05. The number of nitrogen functional groups attached to an aromatic ring is 1. The van der Waals surface area contributed by atoms with E-state index >= 15 is 0 Å². The van der Waals surface area contributed by atoms with Gasteiger partial charge in [-0.15, -0.1) is 0 Å². The number of hydrogen-bond acceptors (Lipinski definition) is 4. The van der Waals surface area contributed by atoms with Gasteiger partial charge in [-0.3, -0.25) is 0 Å². The van der Waals surface area contributed by atoms with Gasteiger partial charge in [0, 0.05) is 11.8 Å². The van der Waals surface area contributed by atoms with Crippen LogP contribution in [0.2, 0.25) is 0 Å². The molecule has 3 rings (SSSR count). The molecule has 0 aliphatic heterocycles. The summed E-state index contributed by atoms with van der Waals surface area (Å²) in [6.07, 6.45) is 1.68. The predicted molar refractivity (Wildman–Crippen MR) is 72.3 cm³/mol. The van der Waals surface area contributed by atoms with Crippen molar-refractivity contribution in [3.05, 3.63) is 47.8 Å². The molecule has 0 amide bonds. The number of rotatable bonds is 1. The van der Waals surface area contributed by atoms with Gasteiger partial charge < -0.3 is 5.73 Å². The van der Waals surface area contributed by atoms with Gasteiger partial charge in [-0.25, -0.2) is 4.98 Å². The van der Waals surface area contributed by atoms with Gasteiger partial charge in [0.1, 0.15) is 17.5 Å². The molecule has 0 bridgehead atoms. The maximum atomic E-state index is 9.10. The normalized spacial score (nSPS) is 10.5. The highest BCUT2D eigenvalue weighted by Gasteiger charge is 2.14. The summed E-state index contributed by atoms with van der Waals surface area (Å²) in [6.45, 7) is 1.77. The van der Waals surface area contributed by atoms with Crippen molar-refractivity contribution in [3.8, 4) is 17.2 Å². The van der Waals surface area contributed by atoms with Crippen molar-refractivity contribution in [2.75, 3.05) is 5.73 Å². The highest BCUT2D eigenvalue weighted by atomic mass is 15.3. The largest absolute Gasteiger partial charge is 0.383 e. The number of fused-ring (bicyclic) bond motifs is 1. The second kappa shape index (κ2) is 4.10. The second-order valence-corrected chi connectivity index (χ2v) is 4.23. The van der Waals surface area contributed by atoms with Crippen LogP contribution in [0.4, 0.5) is 5.82 Å². The van der Waals surface area contributed by atoms with Crippen LogP contribution in [0.5, 0.6) is 0 Å². The van der Waals surface area contributed by atoms with Crippen molar-refractivity contribution in [3.63, 3.8) is 0 Å². The highest BCUT2D eigenvalue weighted by molar-refractivity contribution is 5.76. The van der Waals surface area contributed by atoms with Gasteiger partial charge in [0.25, 0.3) is 0 Å². The first kappa shape index (κ1) is 11.2. The first-order valence-electron chi connectivity index (χ1n) is 5.81. The summed E-state index contributed by atoms with van der Waals surface area (Å²) in [4.78, 5) is 4.31. The molecule has 1 aromatic carbocycles. The fraction of sp³-hybridized carbons (Fsp3) is 0.0714. The van der Waals surface area contributed by atoms with E-state index in [-0.39, 0.29) is 0 Å². The lowest BCUT2D eigenvalue weighted by molar-refractivity contribution is 0.930. The summed E-state index contributed by atoms with van der Waals surface area (Å²) >= 11 is 0. The number of hydrogen-bond donors (Lipinski definition) is 1. The molecule has 0 saturated heterocycles. The number of nitrogens with zero attached hydrogens (tertiary/aromatic N) is 4. The molecule has 0 fully saturated rings. The van der Waals surface area contributed by atoms with E-state index in [9.17, 15) is 0 Å². The fourth-order valence-electron chi connectivity index (χ4n) is 2.08. The summed E-state index contributed by atoms with van der Waals surface area (Å²) in [7, 11) is 0. The molecule has 0 saturated carbocycles. The van der Waals surface area contributed by atoms with E-state index < -0.39 is 0 Å². The molecule has 5 heteroatoms. The lowest BCUT2D eigenvalue weighted by Gasteiger charge is -2.06. The molecule has 5 nitrogen and oxygen atoms in total. The quantitative estimate of drug-likeness (QED) is 0.716. The average molecular weight is 249 g/mol. The Balaban J connectivity index is 2.32. The van der Waals surface area contributed by atoms with E-state index in [1.807, 2.05) is 30.3 Å². The lowest BCUT2D eigenvalue weighted by Crippen LogP contribution is -2.02. The Labute approximate surface area is 109 Å². The molecule has 0 radical (unpaired) electrons. The third-order valence-corrected chi connectivity index (χ3v) is 3.05. The highest BCUT2D eigenvalue weighted by Crippen LogP contribution is 2.26. The SMILES string of the molecule is Cc1nn2c(N)c(-c3ccccc3)cnc2c1C#N. The summed E-state index contributed by atoms with van der Waals surface area (Å²) in [6, 6.07) is 11.8. The van der Waals surface area contributed by atoms with Crippen molar-refractivity contribution in [2.45, 2.75) is 6.92 Å². The van der Waals surface area contributed by atoms with Crippen molar-refractivity contribution >= 4 is 11.5 Å². The van der Waals surface area contributed by atoms with E-state index in [1.165, 1.54) is 4.52 Å². The first-order chi connectivity index (χ1) is 9.22. The fourth-order valence-corrected chi connectivity index (χ4v) is 2.08. The maximum absolute atomic E-state index is 9.10. The monoisotopic (exact) mass is 249 g/mol. The standard InChI is InChI=1S/C14H11N5/c1-9-11(7-15)14-17-8-12(13(16)19(14)18-9)10-5-3-2-4-6-10/h2-6,8H,16H2,1H3. The third kappa shape index (κ3) is 1.62. The van der Waals surface area contributed by atoms with Crippen LogP contribution in [0, 0.1) is 18.3 Å². The topological polar surface area (TPSA) is 80.0 Å². The number of aryl methyl sites for hydroxylation is 1. The molecule has 0 unspecified atom stereocenters. The molecular formula is C14H11N5. The van der Waals surface area contributed by atoms with Crippen LogP contribution in [-0.2, 0) is 0 Å². The summed E-state index contributed by atoms with van der Waals surface area (Å²) in [5.74, 6) is 0.487. The first-order valence-corrected chi connectivity index (χ1v) is 5.81. The van der Waals surface area contributed by atoms with Gasteiger partial charge in [-0.1, -0.05) is 30.3 Å². The zero-order valence-corrected chi connectivity index (χ0v) is 10.3. The molecule has 92 valence electrons. The number of benzene rings is 1. The van der Waals surface area contributed by atoms with E-state index in [4.69, 9.17) is 11.0 Å². The summed E-state index contributed by atoms with van der Waals surface area (Å²) in [5, 5.41) is 13.4. The average Bonchev–Trinajstić information content (AvgIpc) is 2.77. The minimum atomic E-state index is 0.464. The maximum Gasteiger partial charge on any atom is 0.175 e. The Bertz CT molecular complexity index is 796. The van der Waals surface area contributed by atoms with Gasteiger partial charge in [0.05, 0.1) is 5.69 Å². The van der Waals surface area contributed by atoms with Crippen LogP contribution in [0.15, 0.2) is 36.5 Å². The van der Waals surface area contributed by atoms with Gasteiger partial charge in [0.2, 0.25) is 0 Å². The molecule has 2 aromatic heterocycles. The number of aromatic nitrogens is 3. The number of nitriles is 1. The van der Waals surface area contributed by atoms with Crippen LogP contribution in [0.1, 0.15) is 11.3 Å². The van der Waals surface area contributed by atoms with Crippen molar-refractivity contribution in [1.29, 1.82) is 5.26 Å². The Morgan fingerprint density at radius 1 is 1.26 bits per heavy atom.